The number of hydrogen-bond donors (Lipinski definition) is 2. The number of pyridine rings is 1. The number of fused-ring (bicyclic) bond motifs is 1. The summed E-state index contributed by atoms with van der Waals surface area (Å²) in [6.45, 7) is 2.62. The van der Waals surface area contributed by atoms with Crippen molar-refractivity contribution in [1.29, 1.82) is 0 Å². The van der Waals surface area contributed by atoms with E-state index in [1.165, 1.54) is 6.20 Å². The fourth-order valence-electron chi connectivity index (χ4n) is 3.36. The first-order valence-electron chi connectivity index (χ1n) is 9.34. The van der Waals surface area contributed by atoms with Crippen molar-refractivity contribution in [1.82, 2.24) is 15.2 Å². The largest absolute Gasteiger partial charge is 0.466 e. The number of aromatic nitrogens is 1. The van der Waals surface area contributed by atoms with Crippen LogP contribution in [-0.2, 0) is 14.3 Å². The summed E-state index contributed by atoms with van der Waals surface area (Å²) in [6, 6.07) is 6.90. The van der Waals surface area contributed by atoms with E-state index in [9.17, 15) is 19.2 Å². The van der Waals surface area contributed by atoms with Crippen molar-refractivity contribution >= 4 is 28.7 Å². The van der Waals surface area contributed by atoms with Crippen molar-refractivity contribution in [3.05, 3.63) is 46.2 Å². The van der Waals surface area contributed by atoms with Gasteiger partial charge in [0.25, 0.3) is 5.91 Å². The minimum atomic E-state index is -0.612. The zero-order valence-corrected chi connectivity index (χ0v) is 15.7. The molecule has 3 rings (SSSR count). The lowest BCUT2D eigenvalue weighted by Crippen LogP contribution is -2.47. The third-order valence-corrected chi connectivity index (χ3v) is 4.83. The Kier molecular flexibility index (Phi) is 6.08. The van der Waals surface area contributed by atoms with Crippen LogP contribution in [0.25, 0.3) is 10.9 Å². The maximum absolute atomic E-state index is 12.5. The predicted molar refractivity (Wildman–Crippen MR) is 103 cm³/mol. The number of rotatable bonds is 5. The Balaban J connectivity index is 1.61. The SMILES string of the molecule is CCOC(=O)C1CCCN(C(=O)CNC(=O)c2c[nH]c3ccccc3c2=O)C1. The minimum Gasteiger partial charge on any atom is -0.466 e. The molecule has 2 amide bonds. The quantitative estimate of drug-likeness (QED) is 0.748. The number of piperidine rings is 1. The Labute approximate surface area is 161 Å². The summed E-state index contributed by atoms with van der Waals surface area (Å²) in [7, 11) is 0. The van der Waals surface area contributed by atoms with Gasteiger partial charge in [0.15, 0.2) is 0 Å². The number of ether oxygens (including phenoxy) is 1. The Morgan fingerprint density at radius 3 is 2.86 bits per heavy atom. The summed E-state index contributed by atoms with van der Waals surface area (Å²) in [5, 5.41) is 2.92. The molecule has 2 aromatic rings. The van der Waals surface area contributed by atoms with Crippen molar-refractivity contribution in [2.75, 3.05) is 26.2 Å². The monoisotopic (exact) mass is 385 g/mol. The highest BCUT2D eigenvalue weighted by Crippen LogP contribution is 2.18. The fraction of sp³-hybridized carbons (Fsp3) is 0.400. The van der Waals surface area contributed by atoms with Crippen LogP contribution in [0.4, 0.5) is 0 Å². The molecule has 0 saturated carbocycles. The lowest BCUT2D eigenvalue weighted by molar-refractivity contribution is -0.151. The van der Waals surface area contributed by atoms with Crippen molar-refractivity contribution in [2.45, 2.75) is 19.8 Å². The van der Waals surface area contributed by atoms with E-state index >= 15 is 0 Å². The molecule has 8 heteroatoms. The maximum atomic E-state index is 12.5. The van der Waals surface area contributed by atoms with Crippen LogP contribution < -0.4 is 10.7 Å². The van der Waals surface area contributed by atoms with Gasteiger partial charge >= 0.3 is 5.97 Å². The Morgan fingerprint density at radius 1 is 1.29 bits per heavy atom. The number of amides is 2. The minimum absolute atomic E-state index is 0.0467. The molecule has 1 unspecified atom stereocenters. The van der Waals surface area contributed by atoms with Gasteiger partial charge in [-0.25, -0.2) is 0 Å². The lowest BCUT2D eigenvalue weighted by Gasteiger charge is -2.31. The Morgan fingerprint density at radius 2 is 2.07 bits per heavy atom. The molecule has 1 atom stereocenters. The van der Waals surface area contributed by atoms with E-state index in [-0.39, 0.29) is 41.9 Å². The van der Waals surface area contributed by atoms with Crippen LogP contribution in [0.3, 0.4) is 0 Å². The molecule has 2 N–H and O–H groups in total. The van der Waals surface area contributed by atoms with Gasteiger partial charge in [0.05, 0.1) is 19.1 Å². The van der Waals surface area contributed by atoms with Crippen molar-refractivity contribution in [2.24, 2.45) is 5.92 Å². The molecule has 1 aromatic heterocycles. The highest BCUT2D eigenvalue weighted by Gasteiger charge is 2.29. The van der Waals surface area contributed by atoms with E-state index in [1.54, 1.807) is 36.1 Å². The number of esters is 1. The van der Waals surface area contributed by atoms with Gasteiger partial charge in [-0.1, -0.05) is 12.1 Å². The number of hydrogen-bond acceptors (Lipinski definition) is 5. The second-order valence-corrected chi connectivity index (χ2v) is 6.69. The number of H-pyrrole nitrogens is 1. The number of nitrogens with one attached hydrogen (secondary N) is 2. The molecule has 0 radical (unpaired) electrons. The number of likely N-dealkylation sites (tertiary alicyclic amines) is 1. The third kappa shape index (κ3) is 4.21. The van der Waals surface area contributed by atoms with Crippen LogP contribution in [0.5, 0.6) is 0 Å². The van der Waals surface area contributed by atoms with Crippen LogP contribution >= 0.6 is 0 Å². The van der Waals surface area contributed by atoms with Gasteiger partial charge in [-0.15, -0.1) is 0 Å². The highest BCUT2D eigenvalue weighted by atomic mass is 16.5. The van der Waals surface area contributed by atoms with Gasteiger partial charge in [-0.2, -0.15) is 0 Å². The van der Waals surface area contributed by atoms with Gasteiger partial charge in [-0.05, 0) is 31.9 Å². The fourth-order valence-corrected chi connectivity index (χ4v) is 3.36. The highest BCUT2D eigenvalue weighted by molar-refractivity contribution is 5.98. The number of carbonyl (C=O) groups is 3. The molecule has 1 saturated heterocycles. The molecule has 0 bridgehead atoms. The summed E-state index contributed by atoms with van der Waals surface area (Å²) in [5.74, 6) is -1.54. The second-order valence-electron chi connectivity index (χ2n) is 6.69. The van der Waals surface area contributed by atoms with E-state index in [0.29, 0.717) is 36.9 Å². The summed E-state index contributed by atoms with van der Waals surface area (Å²) >= 11 is 0. The molecule has 1 aliphatic rings. The van der Waals surface area contributed by atoms with Crippen LogP contribution in [0.2, 0.25) is 0 Å². The molecule has 148 valence electrons. The predicted octanol–water partition coefficient (Wildman–Crippen LogP) is 1.06. The normalized spacial score (nSPS) is 16.6. The molecule has 1 aromatic carbocycles. The van der Waals surface area contributed by atoms with Gasteiger partial charge < -0.3 is 19.9 Å². The first kappa shape index (κ1) is 19.6. The van der Waals surface area contributed by atoms with E-state index in [4.69, 9.17) is 4.74 Å². The van der Waals surface area contributed by atoms with Crippen molar-refractivity contribution in [3.8, 4) is 0 Å². The number of aromatic amines is 1. The summed E-state index contributed by atoms with van der Waals surface area (Å²) in [5.41, 5.74) is 0.202. The Bertz CT molecular complexity index is 952. The summed E-state index contributed by atoms with van der Waals surface area (Å²) < 4.78 is 5.03. The average Bonchev–Trinajstić information content (AvgIpc) is 2.72. The summed E-state index contributed by atoms with van der Waals surface area (Å²) in [6.07, 6.45) is 2.73. The van der Waals surface area contributed by atoms with Crippen LogP contribution in [0.1, 0.15) is 30.1 Å². The van der Waals surface area contributed by atoms with E-state index in [2.05, 4.69) is 10.3 Å². The van der Waals surface area contributed by atoms with E-state index in [0.717, 1.165) is 0 Å². The average molecular weight is 385 g/mol. The standard InChI is InChI=1S/C20H23N3O5/c1-2-28-20(27)13-6-5-9-23(12-13)17(24)11-22-19(26)15-10-21-16-8-4-3-7-14(16)18(15)25/h3-4,7-8,10,13H,2,5-6,9,11-12H2,1H3,(H,21,25)(H,22,26). The number of benzene rings is 1. The first-order chi connectivity index (χ1) is 13.5. The maximum Gasteiger partial charge on any atom is 0.310 e. The molecule has 8 nitrogen and oxygen atoms in total. The molecule has 1 fully saturated rings. The number of carbonyl (C=O) groups excluding carboxylic acids is 3. The molecule has 0 aliphatic carbocycles. The molecule has 0 spiro atoms. The Hall–Kier alpha value is -3.16. The van der Waals surface area contributed by atoms with Gasteiger partial charge in [-0.3, -0.25) is 19.2 Å². The number of para-hydroxylation sites is 1. The van der Waals surface area contributed by atoms with Gasteiger partial charge in [0.1, 0.15) is 5.56 Å². The molecule has 2 heterocycles. The van der Waals surface area contributed by atoms with Crippen molar-refractivity contribution < 1.29 is 19.1 Å². The van der Waals surface area contributed by atoms with Crippen LogP contribution in [-0.4, -0.2) is 53.9 Å². The third-order valence-electron chi connectivity index (χ3n) is 4.83. The molecule has 1 aliphatic heterocycles. The molecular weight excluding hydrogens is 362 g/mol. The van der Waals surface area contributed by atoms with Gasteiger partial charge in [0.2, 0.25) is 11.3 Å². The van der Waals surface area contributed by atoms with Crippen molar-refractivity contribution in [3.63, 3.8) is 0 Å². The van der Waals surface area contributed by atoms with E-state index in [1.807, 2.05) is 0 Å². The zero-order valence-electron chi connectivity index (χ0n) is 15.7. The number of nitrogens with zero attached hydrogens (tertiary/aromatic N) is 1. The molecule has 28 heavy (non-hydrogen) atoms. The lowest BCUT2D eigenvalue weighted by atomic mass is 9.98. The van der Waals surface area contributed by atoms with Crippen LogP contribution in [0.15, 0.2) is 35.3 Å². The summed E-state index contributed by atoms with van der Waals surface area (Å²) in [4.78, 5) is 53.6. The second kappa shape index (κ2) is 8.69. The smallest absolute Gasteiger partial charge is 0.310 e. The van der Waals surface area contributed by atoms with E-state index < -0.39 is 5.91 Å². The zero-order chi connectivity index (χ0) is 20.1. The van der Waals surface area contributed by atoms with Crippen LogP contribution in [0, 0.1) is 5.92 Å². The topological polar surface area (TPSA) is 109 Å². The molecular formula is C20H23N3O5. The van der Waals surface area contributed by atoms with Gasteiger partial charge in [0, 0.05) is 30.2 Å². The first-order valence-corrected chi connectivity index (χ1v) is 9.34.